The average Bonchev–Trinajstić information content (AvgIpc) is 2.63. The molecule has 1 aromatic carbocycles. The van der Waals surface area contributed by atoms with Crippen LogP contribution in [0.3, 0.4) is 0 Å². The van der Waals surface area contributed by atoms with E-state index >= 15 is 0 Å². The number of piperazine rings is 1. The molecule has 26 heavy (non-hydrogen) atoms. The second-order valence-corrected chi connectivity index (χ2v) is 7.57. The van der Waals surface area contributed by atoms with Crippen molar-refractivity contribution in [2.75, 3.05) is 36.4 Å². The molecule has 0 unspecified atom stereocenters. The Morgan fingerprint density at radius 3 is 2.54 bits per heavy atom. The number of carbonyl (C=O) groups excluding carboxylic acids is 1. The number of amides is 1. The number of carbonyl (C=O) groups is 1. The normalized spacial score (nSPS) is 15.0. The van der Waals surface area contributed by atoms with Gasteiger partial charge in [-0.25, -0.2) is 9.37 Å². The number of halogens is 1. The van der Waals surface area contributed by atoms with Gasteiger partial charge in [0, 0.05) is 37.4 Å². The van der Waals surface area contributed by atoms with Crippen molar-refractivity contribution in [1.82, 2.24) is 10.3 Å². The Balaban J connectivity index is 1.91. The highest BCUT2D eigenvalue weighted by molar-refractivity contribution is 6.04. The van der Waals surface area contributed by atoms with Crippen molar-refractivity contribution in [2.45, 2.75) is 26.2 Å². The van der Waals surface area contributed by atoms with Crippen LogP contribution in [-0.4, -0.2) is 37.1 Å². The maximum atomic E-state index is 13.0. The summed E-state index contributed by atoms with van der Waals surface area (Å²) in [5.41, 5.74) is 2.66. The lowest BCUT2D eigenvalue weighted by Crippen LogP contribution is -2.43. The lowest BCUT2D eigenvalue weighted by molar-refractivity contribution is 0.102. The first-order chi connectivity index (χ1) is 12.3. The number of rotatable bonds is 3. The third-order valence-electron chi connectivity index (χ3n) is 4.50. The molecule has 1 amide bonds. The molecular formula is C20H25FN4O. The van der Waals surface area contributed by atoms with Crippen LogP contribution >= 0.6 is 0 Å². The summed E-state index contributed by atoms with van der Waals surface area (Å²) in [6, 6.07) is 8.74. The maximum Gasteiger partial charge on any atom is 0.256 e. The molecule has 5 nitrogen and oxygen atoms in total. The monoisotopic (exact) mass is 356 g/mol. The number of nitrogens with zero attached hydrogens (tertiary/aromatic N) is 2. The van der Waals surface area contributed by atoms with Crippen LogP contribution in [0.15, 0.2) is 36.5 Å². The standard InChI is InChI=1S/C20H25FN4O/c1-20(2,3)15-10-14(11-17(12-15)25-8-6-22-7-9-25)19(26)24-18-5-4-16(21)13-23-18/h4-5,10-13,22H,6-9H2,1-3H3,(H,23,24,26). The summed E-state index contributed by atoms with van der Waals surface area (Å²) in [6.07, 6.45) is 1.09. The van der Waals surface area contributed by atoms with Crippen molar-refractivity contribution in [2.24, 2.45) is 0 Å². The smallest absolute Gasteiger partial charge is 0.256 e. The fourth-order valence-corrected chi connectivity index (χ4v) is 2.92. The number of pyridine rings is 1. The first-order valence-electron chi connectivity index (χ1n) is 8.87. The van der Waals surface area contributed by atoms with E-state index in [4.69, 9.17) is 0 Å². The van der Waals surface area contributed by atoms with E-state index < -0.39 is 5.82 Å². The van der Waals surface area contributed by atoms with Gasteiger partial charge in [0.1, 0.15) is 11.6 Å². The average molecular weight is 356 g/mol. The quantitative estimate of drug-likeness (QED) is 0.887. The largest absolute Gasteiger partial charge is 0.369 e. The molecule has 0 spiro atoms. The Hall–Kier alpha value is -2.47. The van der Waals surface area contributed by atoms with Crippen LogP contribution in [0.1, 0.15) is 36.7 Å². The van der Waals surface area contributed by atoms with Crippen LogP contribution in [0.4, 0.5) is 15.9 Å². The molecule has 0 aliphatic carbocycles. The molecular weight excluding hydrogens is 331 g/mol. The van der Waals surface area contributed by atoms with Crippen molar-refractivity contribution in [3.63, 3.8) is 0 Å². The molecule has 138 valence electrons. The number of nitrogens with one attached hydrogen (secondary N) is 2. The zero-order valence-corrected chi connectivity index (χ0v) is 15.5. The summed E-state index contributed by atoms with van der Waals surface area (Å²) < 4.78 is 13.0. The van der Waals surface area contributed by atoms with Crippen molar-refractivity contribution < 1.29 is 9.18 Å². The van der Waals surface area contributed by atoms with Gasteiger partial charge in [0.2, 0.25) is 0 Å². The predicted octanol–water partition coefficient (Wildman–Crippen LogP) is 3.18. The molecule has 1 aromatic heterocycles. The summed E-state index contributed by atoms with van der Waals surface area (Å²) in [5.74, 6) is -0.341. The van der Waals surface area contributed by atoms with Gasteiger partial charge in [-0.3, -0.25) is 4.79 Å². The Bertz CT molecular complexity index is 777. The van der Waals surface area contributed by atoms with Crippen molar-refractivity contribution in [3.05, 3.63) is 53.5 Å². The van der Waals surface area contributed by atoms with Crippen LogP contribution in [-0.2, 0) is 5.41 Å². The molecule has 2 heterocycles. The van der Waals surface area contributed by atoms with E-state index in [1.54, 1.807) is 0 Å². The zero-order valence-electron chi connectivity index (χ0n) is 15.5. The van der Waals surface area contributed by atoms with E-state index in [2.05, 4.69) is 47.4 Å². The minimum absolute atomic E-state index is 0.0762. The summed E-state index contributed by atoms with van der Waals surface area (Å²) >= 11 is 0. The van der Waals surface area contributed by atoms with Gasteiger partial charge in [0.05, 0.1) is 6.20 Å². The second kappa shape index (κ2) is 7.41. The number of benzene rings is 1. The Morgan fingerprint density at radius 2 is 1.92 bits per heavy atom. The second-order valence-electron chi connectivity index (χ2n) is 7.57. The summed E-state index contributed by atoms with van der Waals surface area (Å²) in [6.45, 7) is 10.1. The van der Waals surface area contributed by atoms with Gasteiger partial charge in [-0.2, -0.15) is 0 Å². The molecule has 2 N–H and O–H groups in total. The first kappa shape index (κ1) is 18.3. The summed E-state index contributed by atoms with van der Waals surface area (Å²) in [7, 11) is 0. The molecule has 1 aliphatic heterocycles. The minimum atomic E-state index is -0.432. The molecule has 6 heteroatoms. The van der Waals surface area contributed by atoms with Crippen LogP contribution in [0.25, 0.3) is 0 Å². The molecule has 0 saturated carbocycles. The van der Waals surface area contributed by atoms with Gasteiger partial charge in [-0.1, -0.05) is 20.8 Å². The van der Waals surface area contributed by atoms with Crippen LogP contribution in [0.2, 0.25) is 0 Å². The SMILES string of the molecule is CC(C)(C)c1cc(C(=O)Nc2ccc(F)cn2)cc(N2CCNCC2)c1. The molecule has 2 aromatic rings. The van der Waals surface area contributed by atoms with Crippen molar-refractivity contribution in [1.29, 1.82) is 0 Å². The van der Waals surface area contributed by atoms with Crippen molar-refractivity contribution >= 4 is 17.4 Å². The molecule has 0 radical (unpaired) electrons. The Morgan fingerprint density at radius 1 is 1.19 bits per heavy atom. The Kier molecular flexibility index (Phi) is 5.23. The van der Waals surface area contributed by atoms with E-state index in [0.29, 0.717) is 11.4 Å². The molecule has 1 aliphatic rings. The summed E-state index contributed by atoms with van der Waals surface area (Å²) in [5, 5.41) is 6.09. The van der Waals surface area contributed by atoms with Crippen LogP contribution in [0, 0.1) is 5.82 Å². The van der Waals surface area contributed by atoms with Gasteiger partial charge in [0.25, 0.3) is 5.91 Å². The highest BCUT2D eigenvalue weighted by Gasteiger charge is 2.20. The maximum absolute atomic E-state index is 13.0. The van der Waals surface area contributed by atoms with Gasteiger partial charge in [-0.15, -0.1) is 0 Å². The topological polar surface area (TPSA) is 57.3 Å². The zero-order chi connectivity index (χ0) is 18.7. The molecule has 0 atom stereocenters. The highest BCUT2D eigenvalue weighted by Crippen LogP contribution is 2.29. The molecule has 1 saturated heterocycles. The number of hydrogen-bond acceptors (Lipinski definition) is 4. The third-order valence-corrected chi connectivity index (χ3v) is 4.50. The molecule has 0 bridgehead atoms. The summed E-state index contributed by atoms with van der Waals surface area (Å²) in [4.78, 5) is 18.9. The molecule has 1 fully saturated rings. The fraction of sp³-hybridized carbons (Fsp3) is 0.400. The fourth-order valence-electron chi connectivity index (χ4n) is 2.92. The van der Waals surface area contributed by atoms with Crippen LogP contribution in [0.5, 0.6) is 0 Å². The van der Waals surface area contributed by atoms with Gasteiger partial charge in [-0.05, 0) is 41.3 Å². The lowest BCUT2D eigenvalue weighted by Gasteiger charge is -2.31. The van der Waals surface area contributed by atoms with Gasteiger partial charge >= 0.3 is 0 Å². The molecule has 3 rings (SSSR count). The minimum Gasteiger partial charge on any atom is -0.369 e. The number of hydrogen-bond donors (Lipinski definition) is 2. The van der Waals surface area contributed by atoms with E-state index in [1.165, 1.54) is 12.1 Å². The van der Waals surface area contributed by atoms with Crippen LogP contribution < -0.4 is 15.5 Å². The van der Waals surface area contributed by atoms with Gasteiger partial charge < -0.3 is 15.5 Å². The van der Waals surface area contributed by atoms with E-state index in [1.807, 2.05) is 12.1 Å². The number of anilines is 2. The highest BCUT2D eigenvalue weighted by atomic mass is 19.1. The van der Waals surface area contributed by atoms with Crippen molar-refractivity contribution in [3.8, 4) is 0 Å². The third kappa shape index (κ3) is 4.38. The van der Waals surface area contributed by atoms with E-state index in [9.17, 15) is 9.18 Å². The Labute approximate surface area is 153 Å². The van der Waals surface area contributed by atoms with E-state index in [-0.39, 0.29) is 11.3 Å². The lowest BCUT2D eigenvalue weighted by atomic mass is 9.85. The number of aromatic nitrogens is 1. The van der Waals surface area contributed by atoms with E-state index in [0.717, 1.165) is 43.6 Å². The van der Waals surface area contributed by atoms with Gasteiger partial charge in [0.15, 0.2) is 0 Å². The first-order valence-corrected chi connectivity index (χ1v) is 8.87. The predicted molar refractivity (Wildman–Crippen MR) is 102 cm³/mol.